The van der Waals surface area contributed by atoms with Crippen molar-refractivity contribution in [3.8, 4) is 0 Å². The molecule has 0 fully saturated rings. The second-order valence-electron chi connectivity index (χ2n) is 4.50. The molecule has 1 aromatic heterocycles. The number of rotatable bonds is 9. The highest BCUT2D eigenvalue weighted by molar-refractivity contribution is 7.98. The smallest absolute Gasteiger partial charge is 0.225 e. The summed E-state index contributed by atoms with van der Waals surface area (Å²) in [5.74, 6) is 1.33. The Morgan fingerprint density at radius 1 is 1.37 bits per heavy atom. The number of aromatic amines is 1. The highest BCUT2D eigenvalue weighted by atomic mass is 32.2. The van der Waals surface area contributed by atoms with Gasteiger partial charge in [-0.2, -0.15) is 11.8 Å². The summed E-state index contributed by atoms with van der Waals surface area (Å²) in [6, 6.07) is 0. The molecule has 1 amide bonds. The van der Waals surface area contributed by atoms with Crippen molar-refractivity contribution in [3.63, 3.8) is 0 Å². The molecule has 0 aromatic carbocycles. The van der Waals surface area contributed by atoms with E-state index in [2.05, 4.69) is 16.6 Å². The van der Waals surface area contributed by atoms with E-state index in [0.29, 0.717) is 6.42 Å². The fourth-order valence-electron chi connectivity index (χ4n) is 1.77. The minimum atomic E-state index is 0.0949. The lowest BCUT2D eigenvalue weighted by molar-refractivity contribution is -0.120. The van der Waals surface area contributed by atoms with Crippen LogP contribution in [-0.4, -0.2) is 29.4 Å². The van der Waals surface area contributed by atoms with Crippen LogP contribution in [0.4, 0.5) is 0 Å². The first-order valence-electron chi connectivity index (χ1n) is 6.57. The lowest BCUT2D eigenvalue weighted by atomic mass is 10.2. The number of H-pyrrole nitrogens is 1. The van der Waals surface area contributed by atoms with Crippen molar-refractivity contribution in [2.24, 2.45) is 0 Å². The first-order chi connectivity index (χ1) is 9.13. The molecule has 0 radical (unpaired) electrons. The second kappa shape index (κ2) is 9.55. The molecule has 3 nitrogen and oxygen atoms in total. The van der Waals surface area contributed by atoms with Gasteiger partial charge in [-0.1, -0.05) is 12.8 Å². The van der Waals surface area contributed by atoms with Gasteiger partial charge in [0.05, 0.1) is 6.42 Å². The van der Waals surface area contributed by atoms with Crippen LogP contribution < -0.4 is 5.32 Å². The molecule has 0 saturated heterocycles. The van der Waals surface area contributed by atoms with Crippen molar-refractivity contribution in [3.05, 3.63) is 14.5 Å². The van der Waals surface area contributed by atoms with Crippen LogP contribution in [0, 0.1) is 10.9 Å². The van der Waals surface area contributed by atoms with Crippen molar-refractivity contribution < 1.29 is 4.79 Å². The number of amides is 1. The monoisotopic (exact) mass is 318 g/mol. The molecule has 0 aliphatic rings. The van der Waals surface area contributed by atoms with Gasteiger partial charge in [0.25, 0.3) is 0 Å². The van der Waals surface area contributed by atoms with Crippen LogP contribution in [0.2, 0.25) is 0 Å². The van der Waals surface area contributed by atoms with Gasteiger partial charge in [0.2, 0.25) is 5.91 Å². The molecule has 108 valence electrons. The minimum Gasteiger partial charge on any atom is -0.356 e. The summed E-state index contributed by atoms with van der Waals surface area (Å²) in [7, 11) is 0. The maximum Gasteiger partial charge on any atom is 0.225 e. The largest absolute Gasteiger partial charge is 0.356 e. The number of thiazole rings is 1. The maximum atomic E-state index is 11.8. The summed E-state index contributed by atoms with van der Waals surface area (Å²) in [5, 5.41) is 2.97. The number of hydrogen-bond donors (Lipinski definition) is 2. The summed E-state index contributed by atoms with van der Waals surface area (Å²) < 4.78 is 0.745. The number of nitrogens with one attached hydrogen (secondary N) is 2. The summed E-state index contributed by atoms with van der Waals surface area (Å²) in [4.78, 5) is 15.9. The molecule has 0 spiro atoms. The number of unbranched alkanes of at least 4 members (excludes halogenated alkanes) is 3. The Morgan fingerprint density at radius 2 is 2.11 bits per heavy atom. The number of carbonyl (C=O) groups is 1. The molecule has 6 heteroatoms. The Bertz CT molecular complexity index is 439. The lowest BCUT2D eigenvalue weighted by Crippen LogP contribution is -2.26. The van der Waals surface area contributed by atoms with Gasteiger partial charge in [-0.05, 0) is 44.0 Å². The normalized spacial score (nSPS) is 10.6. The molecule has 0 saturated carbocycles. The first-order valence-corrected chi connectivity index (χ1v) is 9.19. The van der Waals surface area contributed by atoms with Gasteiger partial charge in [0.15, 0.2) is 3.95 Å². The van der Waals surface area contributed by atoms with Crippen molar-refractivity contribution in [1.29, 1.82) is 0 Å². The van der Waals surface area contributed by atoms with E-state index in [9.17, 15) is 4.79 Å². The van der Waals surface area contributed by atoms with Gasteiger partial charge in [-0.25, -0.2) is 0 Å². The molecule has 1 rings (SSSR count). The number of aryl methyl sites for hydroxylation is 1. The van der Waals surface area contributed by atoms with E-state index in [1.165, 1.54) is 36.4 Å². The molecule has 0 bridgehead atoms. The zero-order valence-corrected chi connectivity index (χ0v) is 14.0. The van der Waals surface area contributed by atoms with E-state index >= 15 is 0 Å². The van der Waals surface area contributed by atoms with Crippen LogP contribution in [-0.2, 0) is 11.2 Å². The van der Waals surface area contributed by atoms with Crippen LogP contribution in [0.15, 0.2) is 0 Å². The predicted octanol–water partition coefficient (Wildman–Crippen LogP) is 3.70. The minimum absolute atomic E-state index is 0.0949. The van der Waals surface area contributed by atoms with Crippen LogP contribution in [0.3, 0.4) is 0 Å². The van der Waals surface area contributed by atoms with Crippen molar-refractivity contribution in [1.82, 2.24) is 10.3 Å². The Morgan fingerprint density at radius 3 is 2.74 bits per heavy atom. The van der Waals surface area contributed by atoms with E-state index in [-0.39, 0.29) is 5.91 Å². The van der Waals surface area contributed by atoms with Gasteiger partial charge in [-0.15, -0.1) is 11.3 Å². The molecule has 19 heavy (non-hydrogen) atoms. The fourth-order valence-corrected chi connectivity index (χ4v) is 3.55. The standard InChI is InChI=1S/C13H22N2OS3/c1-10-11(19-13(17)15-10)9-12(16)14-7-5-3-4-6-8-18-2/h3-9H2,1-2H3,(H,14,16)(H,15,17). The maximum absolute atomic E-state index is 11.8. The molecule has 0 unspecified atom stereocenters. The average Bonchev–Trinajstić information content (AvgIpc) is 2.66. The molecular formula is C13H22N2OS3. The van der Waals surface area contributed by atoms with E-state index in [4.69, 9.17) is 12.2 Å². The Balaban J connectivity index is 2.11. The lowest BCUT2D eigenvalue weighted by Gasteiger charge is -2.04. The van der Waals surface area contributed by atoms with Crippen LogP contribution >= 0.6 is 35.3 Å². The van der Waals surface area contributed by atoms with E-state index < -0.39 is 0 Å². The Kier molecular flexibility index (Phi) is 8.41. The zero-order chi connectivity index (χ0) is 14.1. The SMILES string of the molecule is CSCCCCCCNC(=O)Cc1sc(=S)[nH]c1C. The van der Waals surface area contributed by atoms with Gasteiger partial charge in [0.1, 0.15) is 0 Å². The molecular weight excluding hydrogens is 296 g/mol. The fraction of sp³-hybridized carbons (Fsp3) is 0.692. The first kappa shape index (κ1) is 16.7. The van der Waals surface area contributed by atoms with Gasteiger partial charge < -0.3 is 10.3 Å². The van der Waals surface area contributed by atoms with E-state index in [1.807, 2.05) is 18.7 Å². The molecule has 0 aliphatic heterocycles. The topological polar surface area (TPSA) is 44.9 Å². The average molecular weight is 319 g/mol. The number of hydrogen-bond acceptors (Lipinski definition) is 4. The van der Waals surface area contributed by atoms with Gasteiger partial charge in [-0.3, -0.25) is 4.79 Å². The predicted molar refractivity (Wildman–Crippen MR) is 87.8 cm³/mol. The molecule has 1 heterocycles. The third kappa shape index (κ3) is 7.13. The van der Waals surface area contributed by atoms with Crippen molar-refractivity contribution in [2.45, 2.75) is 39.0 Å². The summed E-state index contributed by atoms with van der Waals surface area (Å²) in [6.07, 6.45) is 7.38. The zero-order valence-electron chi connectivity index (χ0n) is 11.6. The molecule has 1 aromatic rings. The highest BCUT2D eigenvalue weighted by Crippen LogP contribution is 2.14. The van der Waals surface area contributed by atoms with Crippen LogP contribution in [0.5, 0.6) is 0 Å². The number of carbonyl (C=O) groups excluding carboxylic acids is 1. The van der Waals surface area contributed by atoms with Crippen molar-refractivity contribution in [2.75, 3.05) is 18.6 Å². The summed E-state index contributed by atoms with van der Waals surface area (Å²) >= 11 is 8.45. The Labute approximate surface area is 128 Å². The summed E-state index contributed by atoms with van der Waals surface area (Å²) in [5.41, 5.74) is 1.02. The molecule has 0 atom stereocenters. The second-order valence-corrected chi connectivity index (χ2v) is 7.25. The van der Waals surface area contributed by atoms with Gasteiger partial charge >= 0.3 is 0 Å². The third-order valence-corrected chi connectivity index (χ3v) is 4.88. The highest BCUT2D eigenvalue weighted by Gasteiger charge is 2.07. The quantitative estimate of drug-likeness (QED) is 0.539. The molecule has 2 N–H and O–H groups in total. The number of aromatic nitrogens is 1. The Hall–Kier alpha value is -0.330. The third-order valence-electron chi connectivity index (χ3n) is 2.84. The van der Waals surface area contributed by atoms with E-state index in [0.717, 1.165) is 27.5 Å². The van der Waals surface area contributed by atoms with Crippen molar-refractivity contribution >= 4 is 41.2 Å². The van der Waals surface area contributed by atoms with E-state index in [1.54, 1.807) is 0 Å². The van der Waals surface area contributed by atoms with Crippen LogP contribution in [0.25, 0.3) is 0 Å². The van der Waals surface area contributed by atoms with Crippen LogP contribution in [0.1, 0.15) is 36.3 Å². The summed E-state index contributed by atoms with van der Waals surface area (Å²) in [6.45, 7) is 2.74. The number of thioether (sulfide) groups is 1. The molecule has 0 aliphatic carbocycles. The van der Waals surface area contributed by atoms with Gasteiger partial charge in [0, 0.05) is 17.1 Å².